The monoisotopic (exact) mass is 258 g/mol. The van der Waals surface area contributed by atoms with Gasteiger partial charge in [0.15, 0.2) is 0 Å². The first kappa shape index (κ1) is 12.6. The molecule has 0 atom stereocenters. The maximum Gasteiger partial charge on any atom is 0.342 e. The van der Waals surface area contributed by atoms with Gasteiger partial charge < -0.3 is 9.79 Å². The van der Waals surface area contributed by atoms with Gasteiger partial charge >= 0.3 is 7.60 Å². The van der Waals surface area contributed by atoms with Gasteiger partial charge in [-0.1, -0.05) is 43.6 Å². The van der Waals surface area contributed by atoms with Crippen molar-refractivity contribution in [2.75, 3.05) is 0 Å². The molecule has 0 saturated heterocycles. The van der Waals surface area contributed by atoms with Crippen LogP contribution in [0.3, 0.4) is 0 Å². The zero-order valence-electron chi connectivity index (χ0n) is 7.78. The van der Waals surface area contributed by atoms with E-state index in [2.05, 4.69) is 15.9 Å². The molecule has 74 valence electrons. The second kappa shape index (κ2) is 3.79. The minimum absolute atomic E-state index is 0.0988. The van der Waals surface area contributed by atoms with E-state index in [1.54, 1.807) is 27.7 Å². The third-order valence-corrected chi connectivity index (χ3v) is 7.21. The lowest BCUT2D eigenvalue weighted by Gasteiger charge is -2.35. The Hall–Kier alpha value is 0.630. The van der Waals surface area contributed by atoms with Gasteiger partial charge in [0.1, 0.15) is 4.07 Å². The first-order valence-corrected chi connectivity index (χ1v) is 6.29. The maximum atomic E-state index is 11.2. The van der Waals surface area contributed by atoms with E-state index < -0.39 is 11.7 Å². The Bertz CT molecular complexity index is 189. The molecule has 0 aliphatic rings. The van der Waals surface area contributed by atoms with Crippen LogP contribution in [0.15, 0.2) is 0 Å². The molecule has 0 aromatic carbocycles. The predicted molar refractivity (Wildman–Crippen MR) is 53.4 cm³/mol. The summed E-state index contributed by atoms with van der Waals surface area (Å²) in [4.78, 5) is 18.3. The summed E-state index contributed by atoms with van der Waals surface area (Å²) in [5.74, 6) is -0.198. The number of alkyl halides is 1. The van der Waals surface area contributed by atoms with E-state index in [0.29, 0.717) is 0 Å². The number of halogens is 1. The van der Waals surface area contributed by atoms with E-state index >= 15 is 0 Å². The van der Waals surface area contributed by atoms with Crippen LogP contribution >= 0.6 is 23.5 Å². The van der Waals surface area contributed by atoms with Crippen LogP contribution in [0.4, 0.5) is 0 Å². The summed E-state index contributed by atoms with van der Waals surface area (Å²) >= 11 is 3.17. The lowest BCUT2D eigenvalue weighted by Crippen LogP contribution is -2.33. The van der Waals surface area contributed by atoms with E-state index in [4.69, 9.17) is 9.79 Å². The zero-order valence-corrected chi connectivity index (χ0v) is 10.3. The van der Waals surface area contributed by atoms with Crippen LogP contribution in [0.2, 0.25) is 0 Å². The van der Waals surface area contributed by atoms with Crippen LogP contribution in [0, 0.1) is 11.8 Å². The topological polar surface area (TPSA) is 57.5 Å². The first-order valence-electron chi connectivity index (χ1n) is 3.88. The molecule has 0 rings (SSSR count). The fourth-order valence-electron chi connectivity index (χ4n) is 1.34. The Labute approximate surface area is 81.8 Å². The Morgan fingerprint density at radius 1 is 1.17 bits per heavy atom. The smallest absolute Gasteiger partial charge is 0.323 e. The normalized spacial score (nSPS) is 14.4. The number of hydrogen-bond acceptors (Lipinski definition) is 1. The summed E-state index contributed by atoms with van der Waals surface area (Å²) in [7, 11) is -4.08. The number of hydrogen-bond donors (Lipinski definition) is 2. The molecule has 0 saturated carbocycles. The van der Waals surface area contributed by atoms with E-state index in [1.165, 1.54) is 0 Å². The third-order valence-electron chi connectivity index (χ3n) is 2.07. The highest BCUT2D eigenvalue weighted by atomic mass is 79.9. The standard InChI is InChI=1S/C7H16BrO3P/c1-5(2)7(8,6(3)4)12(9,10)11/h5-6H,1-4H3,(H2,9,10,11). The van der Waals surface area contributed by atoms with Crippen LogP contribution in [0.1, 0.15) is 27.7 Å². The molecule has 0 aromatic heterocycles. The summed E-state index contributed by atoms with van der Waals surface area (Å²) in [6.45, 7) is 7.20. The van der Waals surface area contributed by atoms with Gasteiger partial charge in [0.25, 0.3) is 0 Å². The van der Waals surface area contributed by atoms with Crippen molar-refractivity contribution in [2.45, 2.75) is 31.8 Å². The molecule has 12 heavy (non-hydrogen) atoms. The average Bonchev–Trinajstić information content (AvgIpc) is 1.82. The number of rotatable bonds is 3. The van der Waals surface area contributed by atoms with Crippen LogP contribution in [0.5, 0.6) is 0 Å². The second-order valence-corrected chi connectivity index (χ2v) is 7.33. The fourth-order valence-corrected chi connectivity index (χ4v) is 2.68. The molecule has 5 heteroatoms. The highest BCUT2D eigenvalue weighted by Crippen LogP contribution is 2.62. The van der Waals surface area contributed by atoms with Crippen molar-refractivity contribution < 1.29 is 14.4 Å². The largest absolute Gasteiger partial charge is 0.342 e. The molecule has 2 N–H and O–H groups in total. The minimum Gasteiger partial charge on any atom is -0.323 e. The van der Waals surface area contributed by atoms with Crippen molar-refractivity contribution in [1.29, 1.82) is 0 Å². The second-order valence-electron chi connectivity index (χ2n) is 3.58. The predicted octanol–water partition coefficient (Wildman–Crippen LogP) is 2.57. The zero-order chi connectivity index (χ0) is 10.2. The molecule has 0 amide bonds. The SMILES string of the molecule is CC(C)C(Br)(C(C)C)P(=O)(O)O. The van der Waals surface area contributed by atoms with Crippen molar-refractivity contribution in [3.8, 4) is 0 Å². The Morgan fingerprint density at radius 3 is 1.42 bits per heavy atom. The molecule has 0 radical (unpaired) electrons. The van der Waals surface area contributed by atoms with E-state index in [1.807, 2.05) is 0 Å². The van der Waals surface area contributed by atoms with Gasteiger partial charge in [-0.15, -0.1) is 0 Å². The fraction of sp³-hybridized carbons (Fsp3) is 1.00. The van der Waals surface area contributed by atoms with Crippen molar-refractivity contribution in [1.82, 2.24) is 0 Å². The molecule has 0 aliphatic carbocycles. The molecule has 0 unspecified atom stereocenters. The lowest BCUT2D eigenvalue weighted by atomic mass is 10.00. The quantitative estimate of drug-likeness (QED) is 0.605. The lowest BCUT2D eigenvalue weighted by molar-refractivity contribution is 0.305. The summed E-state index contributed by atoms with van der Waals surface area (Å²) in [6.07, 6.45) is 0. The highest BCUT2D eigenvalue weighted by molar-refractivity contribution is 9.11. The molecule has 0 aliphatic heterocycles. The average molecular weight is 259 g/mol. The minimum atomic E-state index is -4.08. The molecular formula is C7H16BrO3P. The van der Waals surface area contributed by atoms with Crippen molar-refractivity contribution in [2.24, 2.45) is 11.8 Å². The molecule has 0 bridgehead atoms. The summed E-state index contributed by atoms with van der Waals surface area (Å²) in [6, 6.07) is 0. The molecule has 0 heterocycles. The van der Waals surface area contributed by atoms with Gasteiger partial charge in [0.2, 0.25) is 0 Å². The summed E-state index contributed by atoms with van der Waals surface area (Å²) in [5, 5.41) is 0. The molecule has 3 nitrogen and oxygen atoms in total. The summed E-state index contributed by atoms with van der Waals surface area (Å²) < 4.78 is 10.1. The van der Waals surface area contributed by atoms with Crippen LogP contribution < -0.4 is 0 Å². The van der Waals surface area contributed by atoms with Crippen LogP contribution in [-0.4, -0.2) is 13.9 Å². The Balaban J connectivity index is 5.03. The third kappa shape index (κ3) is 2.11. The van der Waals surface area contributed by atoms with Gasteiger partial charge in [-0.2, -0.15) is 0 Å². The highest BCUT2D eigenvalue weighted by Gasteiger charge is 2.49. The van der Waals surface area contributed by atoms with Gasteiger partial charge in [-0.25, -0.2) is 0 Å². The van der Waals surface area contributed by atoms with Crippen molar-refractivity contribution in [3.05, 3.63) is 0 Å². The van der Waals surface area contributed by atoms with Gasteiger partial charge in [0.05, 0.1) is 0 Å². The van der Waals surface area contributed by atoms with Crippen LogP contribution in [0.25, 0.3) is 0 Å². The maximum absolute atomic E-state index is 11.2. The van der Waals surface area contributed by atoms with Crippen molar-refractivity contribution in [3.63, 3.8) is 0 Å². The Kier molecular flexibility index (Phi) is 3.99. The molecule has 0 fully saturated rings. The van der Waals surface area contributed by atoms with Gasteiger partial charge in [0, 0.05) is 0 Å². The molecule has 0 aromatic rings. The van der Waals surface area contributed by atoms with Crippen LogP contribution in [-0.2, 0) is 4.57 Å². The van der Waals surface area contributed by atoms with Gasteiger partial charge in [-0.05, 0) is 11.8 Å². The Morgan fingerprint density at radius 2 is 1.42 bits per heavy atom. The summed E-state index contributed by atoms with van der Waals surface area (Å²) in [5.41, 5.74) is 0. The van der Waals surface area contributed by atoms with Gasteiger partial charge in [-0.3, -0.25) is 4.57 Å². The molecular weight excluding hydrogens is 243 g/mol. The van der Waals surface area contributed by atoms with E-state index in [9.17, 15) is 4.57 Å². The van der Waals surface area contributed by atoms with E-state index in [0.717, 1.165) is 0 Å². The molecule has 0 spiro atoms. The van der Waals surface area contributed by atoms with Crippen molar-refractivity contribution >= 4 is 23.5 Å². The first-order chi connectivity index (χ1) is 5.14. The van der Waals surface area contributed by atoms with E-state index in [-0.39, 0.29) is 11.8 Å².